The lowest BCUT2D eigenvalue weighted by Gasteiger charge is -2.12. The lowest BCUT2D eigenvalue weighted by Crippen LogP contribution is -2.36. The Hall–Kier alpha value is -3.13. The van der Waals surface area contributed by atoms with Crippen LogP contribution in [0.25, 0.3) is 11.3 Å². The number of rotatable bonds is 6. The Balaban J connectivity index is 1.64. The van der Waals surface area contributed by atoms with Gasteiger partial charge in [-0.2, -0.15) is 9.78 Å². The van der Waals surface area contributed by atoms with E-state index in [1.165, 1.54) is 22.1 Å². The van der Waals surface area contributed by atoms with E-state index < -0.39 is 0 Å². The van der Waals surface area contributed by atoms with Crippen molar-refractivity contribution >= 4 is 29.0 Å². The molecule has 1 aliphatic rings. The Morgan fingerprint density at radius 3 is 2.77 bits per heavy atom. The van der Waals surface area contributed by atoms with Crippen LogP contribution in [0.15, 0.2) is 41.8 Å². The Kier molecular flexibility index (Phi) is 5.59. The normalized spacial score (nSPS) is 14.3. The van der Waals surface area contributed by atoms with Gasteiger partial charge in [-0.15, -0.1) is 11.3 Å². The standard InChI is InChI=1S/C22H24N4O3S/c1-3-13(2)23-22(29)26-18(14-6-7-14)12-17(25-26)16-11-15(8-9-19(16)27)24-21(28)20-5-4-10-30-20/h4-5,8-14,27H,3,6-7H2,1-2H3,(H,23,29)(H,24,28). The minimum atomic E-state index is -0.265. The Morgan fingerprint density at radius 2 is 2.10 bits per heavy atom. The van der Waals surface area contributed by atoms with E-state index in [2.05, 4.69) is 15.7 Å². The summed E-state index contributed by atoms with van der Waals surface area (Å²) in [5, 5.41) is 22.5. The molecule has 3 N–H and O–H groups in total. The van der Waals surface area contributed by atoms with Gasteiger partial charge in [-0.1, -0.05) is 13.0 Å². The SMILES string of the molecule is CCC(C)NC(=O)n1nc(-c2cc(NC(=O)c3cccs3)ccc2O)cc1C1CC1. The number of nitrogens with zero attached hydrogens (tertiary/aromatic N) is 2. The van der Waals surface area contributed by atoms with E-state index in [0.717, 1.165) is 25.0 Å². The van der Waals surface area contributed by atoms with Crippen LogP contribution in [0.4, 0.5) is 10.5 Å². The summed E-state index contributed by atoms with van der Waals surface area (Å²) in [6.07, 6.45) is 2.86. The maximum atomic E-state index is 12.7. The fourth-order valence-corrected chi connectivity index (χ4v) is 3.77. The number of carbonyl (C=O) groups excluding carboxylic acids is 2. The van der Waals surface area contributed by atoms with E-state index in [9.17, 15) is 14.7 Å². The first-order chi connectivity index (χ1) is 14.5. The number of phenols is 1. The van der Waals surface area contributed by atoms with Crippen molar-refractivity contribution in [2.24, 2.45) is 0 Å². The number of anilines is 1. The number of amides is 2. The fraction of sp³-hybridized carbons (Fsp3) is 0.318. The fourth-order valence-electron chi connectivity index (χ4n) is 3.15. The molecule has 1 aliphatic carbocycles. The second-order valence-electron chi connectivity index (χ2n) is 7.56. The first kappa shape index (κ1) is 20.2. The van der Waals surface area contributed by atoms with Crippen molar-refractivity contribution in [2.75, 3.05) is 5.32 Å². The number of hydrogen-bond donors (Lipinski definition) is 3. The van der Waals surface area contributed by atoms with Crippen LogP contribution in [0.1, 0.15) is 54.4 Å². The molecule has 2 amide bonds. The van der Waals surface area contributed by atoms with Crippen LogP contribution >= 0.6 is 11.3 Å². The maximum absolute atomic E-state index is 12.7. The van der Waals surface area contributed by atoms with Gasteiger partial charge in [0.1, 0.15) is 5.75 Å². The van der Waals surface area contributed by atoms with E-state index in [0.29, 0.717) is 27.7 Å². The lowest BCUT2D eigenvalue weighted by atomic mass is 10.1. The van der Waals surface area contributed by atoms with Crippen molar-refractivity contribution in [3.05, 3.63) is 52.3 Å². The molecule has 156 valence electrons. The molecule has 1 unspecified atom stereocenters. The summed E-state index contributed by atoms with van der Waals surface area (Å²) in [7, 11) is 0. The van der Waals surface area contributed by atoms with Gasteiger partial charge >= 0.3 is 6.03 Å². The summed E-state index contributed by atoms with van der Waals surface area (Å²) < 4.78 is 1.41. The van der Waals surface area contributed by atoms with Gasteiger partial charge in [0.2, 0.25) is 0 Å². The summed E-state index contributed by atoms with van der Waals surface area (Å²) in [6.45, 7) is 3.96. The number of nitrogens with one attached hydrogen (secondary N) is 2. The van der Waals surface area contributed by atoms with Gasteiger partial charge in [-0.3, -0.25) is 4.79 Å². The van der Waals surface area contributed by atoms with E-state index in [-0.39, 0.29) is 23.7 Å². The smallest absolute Gasteiger partial charge is 0.342 e. The van der Waals surface area contributed by atoms with Gasteiger partial charge in [0, 0.05) is 23.2 Å². The van der Waals surface area contributed by atoms with Crippen LogP contribution < -0.4 is 10.6 Å². The average molecular weight is 425 g/mol. The number of phenolic OH excluding ortho intramolecular Hbond substituents is 1. The molecular formula is C22H24N4O3S. The zero-order valence-electron chi connectivity index (χ0n) is 16.9. The predicted molar refractivity (Wildman–Crippen MR) is 117 cm³/mol. The number of aromatic nitrogens is 2. The predicted octanol–water partition coefficient (Wildman–Crippen LogP) is 4.80. The number of thiophene rings is 1. The highest BCUT2D eigenvalue weighted by Gasteiger charge is 2.31. The first-order valence-electron chi connectivity index (χ1n) is 10.0. The van der Waals surface area contributed by atoms with Crippen LogP contribution in [0, 0.1) is 0 Å². The van der Waals surface area contributed by atoms with E-state index in [1.54, 1.807) is 18.2 Å². The Bertz CT molecular complexity index is 1070. The maximum Gasteiger partial charge on any atom is 0.342 e. The van der Waals surface area contributed by atoms with E-state index in [4.69, 9.17) is 0 Å². The summed E-state index contributed by atoms with van der Waals surface area (Å²) in [6, 6.07) is 10.0. The molecule has 1 atom stereocenters. The first-order valence-corrected chi connectivity index (χ1v) is 10.9. The second-order valence-corrected chi connectivity index (χ2v) is 8.51. The zero-order chi connectivity index (χ0) is 21.3. The van der Waals surface area contributed by atoms with Crippen LogP contribution in [-0.4, -0.2) is 32.9 Å². The van der Waals surface area contributed by atoms with Crippen molar-refractivity contribution in [3.63, 3.8) is 0 Å². The third-order valence-corrected chi connectivity index (χ3v) is 6.05. The summed E-state index contributed by atoms with van der Waals surface area (Å²) >= 11 is 1.36. The molecule has 0 saturated heterocycles. The highest BCUT2D eigenvalue weighted by molar-refractivity contribution is 7.12. The molecule has 3 aromatic rings. The number of hydrogen-bond acceptors (Lipinski definition) is 5. The monoisotopic (exact) mass is 424 g/mol. The number of benzene rings is 1. The summed E-state index contributed by atoms with van der Waals surface area (Å²) in [4.78, 5) is 25.7. The van der Waals surface area contributed by atoms with Gasteiger partial charge in [0.15, 0.2) is 0 Å². The van der Waals surface area contributed by atoms with Crippen LogP contribution in [0.2, 0.25) is 0 Å². The van der Waals surface area contributed by atoms with Gasteiger partial charge in [0.05, 0.1) is 16.3 Å². The molecule has 4 rings (SSSR count). The van der Waals surface area contributed by atoms with Gasteiger partial charge in [-0.05, 0) is 61.9 Å². The Morgan fingerprint density at radius 1 is 1.30 bits per heavy atom. The molecule has 0 radical (unpaired) electrons. The van der Waals surface area contributed by atoms with Crippen molar-refractivity contribution in [1.82, 2.24) is 15.1 Å². The highest BCUT2D eigenvalue weighted by atomic mass is 32.1. The highest BCUT2D eigenvalue weighted by Crippen LogP contribution is 2.42. The van der Waals surface area contributed by atoms with Gasteiger partial charge < -0.3 is 15.7 Å². The topological polar surface area (TPSA) is 96.3 Å². The van der Waals surface area contributed by atoms with Crippen molar-refractivity contribution in [1.29, 1.82) is 0 Å². The lowest BCUT2D eigenvalue weighted by molar-refractivity contribution is 0.103. The third-order valence-electron chi connectivity index (χ3n) is 5.18. The molecule has 2 heterocycles. The van der Waals surface area contributed by atoms with Crippen LogP contribution in [0.3, 0.4) is 0 Å². The molecule has 1 fully saturated rings. The quantitative estimate of drug-likeness (QED) is 0.495. The van der Waals surface area contributed by atoms with Crippen LogP contribution in [0.5, 0.6) is 5.75 Å². The largest absolute Gasteiger partial charge is 0.507 e. The molecule has 1 aromatic carbocycles. The van der Waals surface area contributed by atoms with Gasteiger partial charge in [0.25, 0.3) is 5.91 Å². The molecule has 0 spiro atoms. The second kappa shape index (κ2) is 8.31. The molecule has 8 heteroatoms. The third kappa shape index (κ3) is 4.23. The van der Waals surface area contributed by atoms with Gasteiger partial charge in [-0.25, -0.2) is 4.79 Å². The summed E-state index contributed by atoms with van der Waals surface area (Å²) in [5.74, 6) is 0.134. The molecule has 0 aliphatic heterocycles. The molecule has 30 heavy (non-hydrogen) atoms. The van der Waals surface area contributed by atoms with Crippen molar-refractivity contribution < 1.29 is 14.7 Å². The molecule has 1 saturated carbocycles. The summed E-state index contributed by atoms with van der Waals surface area (Å²) in [5.41, 5.74) is 2.36. The van der Waals surface area contributed by atoms with E-state index in [1.807, 2.05) is 31.4 Å². The average Bonchev–Trinajstić information content (AvgIpc) is 3.25. The van der Waals surface area contributed by atoms with Crippen molar-refractivity contribution in [3.8, 4) is 17.0 Å². The van der Waals surface area contributed by atoms with Crippen molar-refractivity contribution in [2.45, 2.75) is 45.1 Å². The number of aromatic hydroxyl groups is 1. The number of carbonyl (C=O) groups is 2. The minimum absolute atomic E-state index is 0.0402. The minimum Gasteiger partial charge on any atom is -0.507 e. The zero-order valence-corrected chi connectivity index (χ0v) is 17.7. The molecule has 7 nitrogen and oxygen atoms in total. The molecule has 0 bridgehead atoms. The van der Waals surface area contributed by atoms with E-state index >= 15 is 0 Å². The van der Waals surface area contributed by atoms with Crippen LogP contribution in [-0.2, 0) is 0 Å². The molecule has 2 aromatic heterocycles. The molecular weight excluding hydrogens is 400 g/mol. The Labute approximate surface area is 178 Å².